The van der Waals surface area contributed by atoms with Crippen LogP contribution in [0, 0.1) is 5.92 Å². The van der Waals surface area contributed by atoms with Crippen LogP contribution in [-0.4, -0.2) is 51.5 Å². The molecule has 0 aliphatic carbocycles. The molecule has 154 valence electrons. The third-order valence-electron chi connectivity index (χ3n) is 5.42. The van der Waals surface area contributed by atoms with E-state index < -0.39 is 0 Å². The summed E-state index contributed by atoms with van der Waals surface area (Å²) >= 11 is 0. The van der Waals surface area contributed by atoms with E-state index in [9.17, 15) is 9.59 Å². The van der Waals surface area contributed by atoms with Crippen LogP contribution >= 0.6 is 0 Å². The van der Waals surface area contributed by atoms with Crippen LogP contribution in [-0.2, 0) is 11.2 Å². The minimum atomic E-state index is -0.180. The first-order valence-electron chi connectivity index (χ1n) is 10.3. The molecule has 7 heteroatoms. The Balaban J connectivity index is 1.32. The van der Waals surface area contributed by atoms with Crippen molar-refractivity contribution in [3.63, 3.8) is 0 Å². The van der Waals surface area contributed by atoms with E-state index in [1.807, 2.05) is 30.3 Å². The molecule has 1 aliphatic rings. The first-order valence-corrected chi connectivity index (χ1v) is 10.3. The van der Waals surface area contributed by atoms with E-state index >= 15 is 0 Å². The van der Waals surface area contributed by atoms with Crippen LogP contribution in [0.25, 0.3) is 11.3 Å². The summed E-state index contributed by atoms with van der Waals surface area (Å²) in [5.41, 5.74) is 3.23. The van der Waals surface area contributed by atoms with Gasteiger partial charge in [0.25, 0.3) is 5.91 Å². The van der Waals surface area contributed by atoms with E-state index in [0.717, 1.165) is 24.8 Å². The van der Waals surface area contributed by atoms with Crippen molar-refractivity contribution in [3.05, 3.63) is 72.2 Å². The van der Waals surface area contributed by atoms with Gasteiger partial charge < -0.3 is 10.2 Å². The summed E-state index contributed by atoms with van der Waals surface area (Å²) in [6, 6.07) is 15.5. The Labute approximate surface area is 175 Å². The van der Waals surface area contributed by atoms with Crippen LogP contribution in [0.5, 0.6) is 0 Å². The molecular weight excluding hydrogens is 378 g/mol. The summed E-state index contributed by atoms with van der Waals surface area (Å²) in [6.45, 7) is 1.68. The fraction of sp³-hybridized carbons (Fsp3) is 0.304. The number of rotatable bonds is 6. The maximum atomic E-state index is 12.9. The highest BCUT2D eigenvalue weighted by molar-refractivity contribution is 5.94. The molecule has 1 fully saturated rings. The van der Waals surface area contributed by atoms with Crippen molar-refractivity contribution < 1.29 is 9.59 Å². The lowest BCUT2D eigenvalue weighted by Crippen LogP contribution is -2.45. The quantitative estimate of drug-likeness (QED) is 0.662. The molecule has 30 heavy (non-hydrogen) atoms. The largest absolute Gasteiger partial charge is 0.355 e. The molecule has 2 N–H and O–H groups in total. The van der Waals surface area contributed by atoms with Gasteiger partial charge in [0.2, 0.25) is 5.91 Å². The Hall–Kier alpha value is -3.48. The molecule has 1 atom stereocenters. The monoisotopic (exact) mass is 403 g/mol. The van der Waals surface area contributed by atoms with Gasteiger partial charge in [-0.3, -0.25) is 19.7 Å². The number of nitrogens with zero attached hydrogens (tertiary/aromatic N) is 3. The van der Waals surface area contributed by atoms with Gasteiger partial charge in [-0.2, -0.15) is 5.10 Å². The van der Waals surface area contributed by atoms with Crippen LogP contribution in [0.15, 0.2) is 60.9 Å². The first kappa shape index (κ1) is 19.8. The second-order valence-corrected chi connectivity index (χ2v) is 7.52. The van der Waals surface area contributed by atoms with Gasteiger partial charge in [-0.05, 0) is 43.0 Å². The zero-order valence-electron chi connectivity index (χ0n) is 16.8. The third-order valence-corrected chi connectivity index (χ3v) is 5.42. The lowest BCUT2D eigenvalue weighted by atomic mass is 9.96. The number of likely N-dealkylation sites (tertiary alicyclic amines) is 1. The Bertz CT molecular complexity index is 987. The van der Waals surface area contributed by atoms with E-state index in [-0.39, 0.29) is 17.7 Å². The maximum Gasteiger partial charge on any atom is 0.271 e. The molecule has 1 aromatic carbocycles. The second kappa shape index (κ2) is 9.35. The predicted molar refractivity (Wildman–Crippen MR) is 114 cm³/mol. The van der Waals surface area contributed by atoms with E-state index in [2.05, 4.69) is 32.6 Å². The summed E-state index contributed by atoms with van der Waals surface area (Å²) in [7, 11) is 0. The number of aromatic nitrogens is 3. The molecular formula is C23H25N5O2. The van der Waals surface area contributed by atoms with Gasteiger partial charge >= 0.3 is 0 Å². The standard InChI is InChI=1S/C23H25N5O2/c29-22(25-13-8-17-5-2-1-3-6-17)19-7-4-14-28(16-19)23(30)21-15-20(26-27-21)18-9-11-24-12-10-18/h1-3,5-6,9-12,15,19H,4,7-8,13-14,16H2,(H,25,29)(H,26,27)/t19-/m1/s1. The lowest BCUT2D eigenvalue weighted by molar-refractivity contribution is -0.126. The summed E-state index contributed by atoms with van der Waals surface area (Å²) in [5, 5.41) is 10.1. The third kappa shape index (κ3) is 4.74. The van der Waals surface area contributed by atoms with E-state index in [4.69, 9.17) is 0 Å². The van der Waals surface area contributed by atoms with E-state index in [1.165, 1.54) is 5.56 Å². The van der Waals surface area contributed by atoms with E-state index in [1.54, 1.807) is 23.4 Å². The number of amides is 2. The molecule has 0 saturated carbocycles. The zero-order valence-corrected chi connectivity index (χ0v) is 16.8. The SMILES string of the molecule is O=C(NCCc1ccccc1)[C@@H]1CCCN(C(=O)c2cc(-c3ccncc3)n[nH]2)C1. The molecule has 1 saturated heterocycles. The molecule has 1 aliphatic heterocycles. The van der Waals surface area contributed by atoms with Crippen molar-refractivity contribution in [2.75, 3.05) is 19.6 Å². The fourth-order valence-corrected chi connectivity index (χ4v) is 3.77. The molecule has 3 heterocycles. The lowest BCUT2D eigenvalue weighted by Gasteiger charge is -2.31. The maximum absolute atomic E-state index is 12.9. The van der Waals surface area contributed by atoms with Crippen LogP contribution in [0.2, 0.25) is 0 Å². The second-order valence-electron chi connectivity index (χ2n) is 7.52. The Kier molecular flexibility index (Phi) is 6.17. The van der Waals surface area contributed by atoms with Crippen molar-refractivity contribution in [1.82, 2.24) is 25.4 Å². The summed E-state index contributed by atoms with van der Waals surface area (Å²) in [4.78, 5) is 31.3. The molecule has 0 radical (unpaired) electrons. The highest BCUT2D eigenvalue weighted by atomic mass is 16.2. The van der Waals surface area contributed by atoms with Crippen molar-refractivity contribution in [2.24, 2.45) is 5.92 Å². The average Bonchev–Trinajstić information content (AvgIpc) is 3.30. The average molecular weight is 403 g/mol. The highest BCUT2D eigenvalue weighted by Gasteiger charge is 2.29. The van der Waals surface area contributed by atoms with Crippen LogP contribution in [0.1, 0.15) is 28.9 Å². The number of nitrogens with one attached hydrogen (secondary N) is 2. The fourth-order valence-electron chi connectivity index (χ4n) is 3.77. The van der Waals surface area contributed by atoms with Gasteiger partial charge in [0.05, 0.1) is 11.6 Å². The first-order chi connectivity index (χ1) is 14.7. The Morgan fingerprint density at radius 1 is 1.13 bits per heavy atom. The minimum Gasteiger partial charge on any atom is -0.355 e. The van der Waals surface area contributed by atoms with Crippen LogP contribution < -0.4 is 5.32 Å². The zero-order chi connectivity index (χ0) is 20.8. The predicted octanol–water partition coefficient (Wildman–Crippen LogP) is 2.68. The molecule has 0 unspecified atom stereocenters. The Morgan fingerprint density at radius 2 is 1.93 bits per heavy atom. The number of H-pyrrole nitrogens is 1. The van der Waals surface area contributed by atoms with Gasteiger partial charge in [-0.25, -0.2) is 0 Å². The van der Waals surface area contributed by atoms with Gasteiger partial charge in [-0.1, -0.05) is 30.3 Å². The molecule has 0 spiro atoms. The van der Waals surface area contributed by atoms with Crippen LogP contribution in [0.3, 0.4) is 0 Å². The minimum absolute atomic E-state index is 0.0190. The summed E-state index contributed by atoms with van der Waals surface area (Å²) in [5.74, 6) is -0.281. The van der Waals surface area contributed by atoms with Crippen LogP contribution in [0.4, 0.5) is 0 Å². The van der Waals surface area contributed by atoms with E-state index in [0.29, 0.717) is 31.0 Å². The normalized spacial score (nSPS) is 16.3. The number of carbonyl (C=O) groups excluding carboxylic acids is 2. The number of piperidine rings is 1. The summed E-state index contributed by atoms with van der Waals surface area (Å²) < 4.78 is 0. The van der Waals surface area contributed by atoms with Crippen molar-refractivity contribution in [1.29, 1.82) is 0 Å². The highest BCUT2D eigenvalue weighted by Crippen LogP contribution is 2.21. The number of carbonyl (C=O) groups is 2. The molecule has 4 rings (SSSR count). The number of hydrogen-bond donors (Lipinski definition) is 2. The topological polar surface area (TPSA) is 91.0 Å². The van der Waals surface area contributed by atoms with Crippen molar-refractivity contribution in [3.8, 4) is 11.3 Å². The van der Waals surface area contributed by atoms with Gasteiger partial charge in [0, 0.05) is 37.6 Å². The number of benzene rings is 1. The molecule has 7 nitrogen and oxygen atoms in total. The molecule has 3 aromatic rings. The molecule has 2 aromatic heterocycles. The molecule has 0 bridgehead atoms. The number of aromatic amines is 1. The van der Waals surface area contributed by atoms with Gasteiger partial charge in [0.1, 0.15) is 5.69 Å². The van der Waals surface area contributed by atoms with Crippen molar-refractivity contribution in [2.45, 2.75) is 19.3 Å². The van der Waals surface area contributed by atoms with Gasteiger partial charge in [0.15, 0.2) is 0 Å². The number of hydrogen-bond acceptors (Lipinski definition) is 4. The number of pyridine rings is 1. The van der Waals surface area contributed by atoms with Gasteiger partial charge in [-0.15, -0.1) is 0 Å². The smallest absolute Gasteiger partial charge is 0.271 e. The Morgan fingerprint density at radius 3 is 2.73 bits per heavy atom. The molecule has 2 amide bonds. The summed E-state index contributed by atoms with van der Waals surface area (Å²) in [6.07, 6.45) is 5.79. The van der Waals surface area contributed by atoms with Crippen molar-refractivity contribution >= 4 is 11.8 Å².